The van der Waals surface area contributed by atoms with Crippen LogP contribution in [0.3, 0.4) is 0 Å². The van der Waals surface area contributed by atoms with Crippen molar-refractivity contribution in [3.8, 4) is 0 Å². The van der Waals surface area contributed by atoms with Gasteiger partial charge in [-0.3, -0.25) is 0 Å². The maximum absolute atomic E-state index is 5.97. The van der Waals surface area contributed by atoms with Gasteiger partial charge in [0.05, 0.1) is 0 Å². The van der Waals surface area contributed by atoms with Crippen molar-refractivity contribution in [2.24, 2.45) is 5.92 Å². The maximum Gasteiger partial charge on any atom is 0.0469 e. The number of hydrogen-bond acceptors (Lipinski definition) is 3. The van der Waals surface area contributed by atoms with E-state index in [1.54, 1.807) is 0 Å². The maximum atomic E-state index is 5.97. The summed E-state index contributed by atoms with van der Waals surface area (Å²) in [6.07, 6.45) is 2.33. The third-order valence-corrected chi connectivity index (χ3v) is 3.69. The summed E-state index contributed by atoms with van der Waals surface area (Å²) in [7, 11) is 2.14. The third kappa shape index (κ3) is 3.87. The van der Waals surface area contributed by atoms with E-state index >= 15 is 0 Å². The number of nitrogens with zero attached hydrogens (tertiary/aromatic N) is 1. The number of halogens is 1. The fourth-order valence-corrected chi connectivity index (χ4v) is 2.62. The van der Waals surface area contributed by atoms with Crippen molar-refractivity contribution in [3.63, 3.8) is 0 Å². The van der Waals surface area contributed by atoms with Crippen LogP contribution in [-0.2, 0) is 11.3 Å². The monoisotopic (exact) mass is 268 g/mol. The van der Waals surface area contributed by atoms with Crippen molar-refractivity contribution in [1.82, 2.24) is 4.90 Å². The molecule has 0 aromatic heterocycles. The second-order valence-electron chi connectivity index (χ2n) is 5.10. The Balaban J connectivity index is 1.87. The summed E-state index contributed by atoms with van der Waals surface area (Å²) in [6.45, 7) is 3.79. The van der Waals surface area contributed by atoms with Gasteiger partial charge in [0.25, 0.3) is 0 Å². The summed E-state index contributed by atoms with van der Waals surface area (Å²) in [5.41, 5.74) is 7.90. The molecule has 0 aliphatic carbocycles. The standard InChI is InChI=1S/C14H21ClN2O/c1-17(9-11-4-6-18-7-5-11)10-12-2-3-13(15)8-14(12)16/h2-3,8,11H,4-7,9-10,16H2,1H3. The molecule has 0 atom stereocenters. The lowest BCUT2D eigenvalue weighted by molar-refractivity contribution is 0.0550. The molecule has 1 saturated heterocycles. The molecule has 0 spiro atoms. The lowest BCUT2D eigenvalue weighted by Gasteiger charge is -2.27. The quantitative estimate of drug-likeness (QED) is 0.854. The van der Waals surface area contributed by atoms with Crippen molar-refractivity contribution in [3.05, 3.63) is 28.8 Å². The summed E-state index contributed by atoms with van der Waals surface area (Å²) >= 11 is 5.90. The Labute approximate surface area is 114 Å². The van der Waals surface area contributed by atoms with E-state index in [-0.39, 0.29) is 0 Å². The molecule has 0 radical (unpaired) electrons. The van der Waals surface area contributed by atoms with Gasteiger partial charge < -0.3 is 15.4 Å². The topological polar surface area (TPSA) is 38.5 Å². The summed E-state index contributed by atoms with van der Waals surface area (Å²) in [6, 6.07) is 5.73. The highest BCUT2D eigenvalue weighted by Gasteiger charge is 2.16. The van der Waals surface area contributed by atoms with Crippen molar-refractivity contribution in [2.45, 2.75) is 19.4 Å². The summed E-state index contributed by atoms with van der Waals surface area (Å²) in [4.78, 5) is 2.33. The van der Waals surface area contributed by atoms with E-state index in [9.17, 15) is 0 Å². The van der Waals surface area contributed by atoms with Gasteiger partial charge in [0.2, 0.25) is 0 Å². The van der Waals surface area contributed by atoms with Crippen LogP contribution < -0.4 is 5.73 Å². The van der Waals surface area contributed by atoms with Crippen molar-refractivity contribution < 1.29 is 4.74 Å². The Morgan fingerprint density at radius 1 is 1.39 bits per heavy atom. The number of ether oxygens (including phenoxy) is 1. The van der Waals surface area contributed by atoms with Crippen LogP contribution in [0.25, 0.3) is 0 Å². The van der Waals surface area contributed by atoms with Gasteiger partial charge in [-0.1, -0.05) is 17.7 Å². The van der Waals surface area contributed by atoms with Gasteiger partial charge in [-0.05, 0) is 43.5 Å². The average molecular weight is 269 g/mol. The molecule has 2 rings (SSSR count). The van der Waals surface area contributed by atoms with E-state index in [0.717, 1.165) is 43.5 Å². The highest BCUT2D eigenvalue weighted by atomic mass is 35.5. The molecule has 3 nitrogen and oxygen atoms in total. The molecule has 1 aromatic carbocycles. The molecule has 0 saturated carbocycles. The molecular formula is C14H21ClN2O. The van der Waals surface area contributed by atoms with Crippen LogP contribution in [0, 0.1) is 5.92 Å². The zero-order valence-electron chi connectivity index (χ0n) is 10.9. The number of nitrogen functional groups attached to an aromatic ring is 1. The first-order valence-electron chi connectivity index (χ1n) is 6.45. The summed E-state index contributed by atoms with van der Waals surface area (Å²) in [5.74, 6) is 0.747. The molecule has 1 aliphatic rings. The highest BCUT2D eigenvalue weighted by molar-refractivity contribution is 6.30. The zero-order chi connectivity index (χ0) is 13.0. The predicted molar refractivity (Wildman–Crippen MR) is 75.7 cm³/mol. The Hall–Kier alpha value is -0.770. The molecule has 1 heterocycles. The van der Waals surface area contributed by atoms with E-state index in [1.807, 2.05) is 18.2 Å². The highest BCUT2D eigenvalue weighted by Crippen LogP contribution is 2.21. The van der Waals surface area contributed by atoms with Crippen molar-refractivity contribution in [2.75, 3.05) is 32.5 Å². The molecule has 0 bridgehead atoms. The van der Waals surface area contributed by atoms with Gasteiger partial charge >= 0.3 is 0 Å². The van der Waals surface area contributed by atoms with Gasteiger partial charge in [-0.2, -0.15) is 0 Å². The number of benzene rings is 1. The predicted octanol–water partition coefficient (Wildman–Crippen LogP) is 2.78. The van der Waals surface area contributed by atoms with Crippen LogP contribution in [0.1, 0.15) is 18.4 Å². The molecule has 1 fully saturated rings. The van der Waals surface area contributed by atoms with Crippen molar-refractivity contribution in [1.29, 1.82) is 0 Å². The van der Waals surface area contributed by atoms with E-state index < -0.39 is 0 Å². The van der Waals surface area contributed by atoms with Gasteiger partial charge in [0.15, 0.2) is 0 Å². The number of nitrogens with two attached hydrogens (primary N) is 1. The van der Waals surface area contributed by atoms with E-state index in [2.05, 4.69) is 11.9 Å². The Morgan fingerprint density at radius 2 is 2.11 bits per heavy atom. The second kappa shape index (κ2) is 6.41. The van der Waals surface area contributed by atoms with Gasteiger partial charge in [-0.15, -0.1) is 0 Å². The summed E-state index contributed by atoms with van der Waals surface area (Å²) in [5, 5.41) is 0.698. The first kappa shape index (κ1) is 13.7. The molecule has 1 aromatic rings. The zero-order valence-corrected chi connectivity index (χ0v) is 11.6. The number of anilines is 1. The Bertz CT molecular complexity index is 391. The smallest absolute Gasteiger partial charge is 0.0469 e. The van der Waals surface area contributed by atoms with Crippen LogP contribution in [0.15, 0.2) is 18.2 Å². The average Bonchev–Trinajstić information content (AvgIpc) is 2.34. The second-order valence-corrected chi connectivity index (χ2v) is 5.53. The third-order valence-electron chi connectivity index (χ3n) is 3.46. The van der Waals surface area contributed by atoms with E-state index in [4.69, 9.17) is 22.1 Å². The molecule has 0 amide bonds. The molecule has 2 N–H and O–H groups in total. The van der Waals surface area contributed by atoms with Gasteiger partial charge in [-0.25, -0.2) is 0 Å². The van der Waals surface area contributed by atoms with Gasteiger partial charge in [0, 0.05) is 37.0 Å². The molecule has 18 heavy (non-hydrogen) atoms. The van der Waals surface area contributed by atoms with Crippen LogP contribution in [-0.4, -0.2) is 31.7 Å². The first-order chi connectivity index (χ1) is 8.65. The number of rotatable bonds is 4. The minimum absolute atomic E-state index is 0.698. The minimum Gasteiger partial charge on any atom is -0.398 e. The van der Waals surface area contributed by atoms with E-state index in [1.165, 1.54) is 12.8 Å². The molecule has 0 unspecified atom stereocenters. The molecule has 1 aliphatic heterocycles. The summed E-state index contributed by atoms with van der Waals surface area (Å²) < 4.78 is 5.38. The minimum atomic E-state index is 0.698. The van der Waals surface area contributed by atoms with Crippen LogP contribution in [0.4, 0.5) is 5.69 Å². The lowest BCUT2D eigenvalue weighted by Crippen LogP contribution is -2.29. The fourth-order valence-electron chi connectivity index (χ4n) is 2.43. The Kier molecular flexibility index (Phi) is 4.87. The van der Waals surface area contributed by atoms with E-state index in [0.29, 0.717) is 5.02 Å². The van der Waals surface area contributed by atoms with Crippen LogP contribution in [0.5, 0.6) is 0 Å². The normalized spacial score (nSPS) is 17.3. The fraction of sp³-hybridized carbons (Fsp3) is 0.571. The Morgan fingerprint density at radius 3 is 2.78 bits per heavy atom. The lowest BCUT2D eigenvalue weighted by atomic mass is 9.99. The van der Waals surface area contributed by atoms with Crippen LogP contribution >= 0.6 is 11.6 Å². The molecule has 4 heteroatoms. The number of hydrogen-bond donors (Lipinski definition) is 1. The molecule has 100 valence electrons. The molecular weight excluding hydrogens is 248 g/mol. The SMILES string of the molecule is CN(Cc1ccc(Cl)cc1N)CC1CCOCC1. The first-order valence-corrected chi connectivity index (χ1v) is 6.83. The largest absolute Gasteiger partial charge is 0.398 e. The van der Waals surface area contributed by atoms with Crippen LogP contribution in [0.2, 0.25) is 5.02 Å². The van der Waals surface area contributed by atoms with Gasteiger partial charge in [0.1, 0.15) is 0 Å². The van der Waals surface area contributed by atoms with Crippen molar-refractivity contribution >= 4 is 17.3 Å².